The summed E-state index contributed by atoms with van der Waals surface area (Å²) < 4.78 is 0. The Morgan fingerprint density at radius 3 is 2.64 bits per heavy atom. The smallest absolute Gasteiger partial charge is 0.220 e. The summed E-state index contributed by atoms with van der Waals surface area (Å²) in [6.45, 7) is 6.14. The van der Waals surface area contributed by atoms with Gasteiger partial charge in [-0.05, 0) is 32.9 Å². The number of imidazole rings is 1. The second-order valence-corrected chi connectivity index (χ2v) is 6.16. The number of nitrogens with one attached hydrogen (secondary N) is 4. The second-order valence-electron chi connectivity index (χ2n) is 6.16. The molecular formula is C16H23N5O. The van der Waals surface area contributed by atoms with Crippen molar-refractivity contribution in [3.63, 3.8) is 0 Å². The number of hydrogen-bond acceptors (Lipinski definition) is 4. The maximum Gasteiger partial charge on any atom is 0.220 e. The number of amides is 1. The van der Waals surface area contributed by atoms with Gasteiger partial charge in [0.1, 0.15) is 5.82 Å². The molecule has 22 heavy (non-hydrogen) atoms. The average molecular weight is 301 g/mol. The summed E-state index contributed by atoms with van der Waals surface area (Å²) in [4.78, 5) is 20.1. The van der Waals surface area contributed by atoms with Gasteiger partial charge in [0.2, 0.25) is 5.91 Å². The number of aromatic amines is 1. The third kappa shape index (κ3) is 2.98. The van der Waals surface area contributed by atoms with Crippen LogP contribution < -0.4 is 16.2 Å². The zero-order valence-electron chi connectivity index (χ0n) is 13.2. The normalized spacial score (nSPS) is 26.2. The van der Waals surface area contributed by atoms with Crippen LogP contribution in [0.15, 0.2) is 24.3 Å². The quantitative estimate of drug-likeness (QED) is 0.692. The van der Waals surface area contributed by atoms with Gasteiger partial charge in [-0.3, -0.25) is 15.6 Å². The Bertz CT molecular complexity index is 624. The van der Waals surface area contributed by atoms with Gasteiger partial charge in [0, 0.05) is 24.4 Å². The number of aromatic nitrogens is 2. The average Bonchev–Trinajstić information content (AvgIpc) is 3.05. The number of nitrogens with zero attached hydrogens (tertiary/aromatic N) is 1. The van der Waals surface area contributed by atoms with Crippen LogP contribution in [0.25, 0.3) is 11.0 Å². The van der Waals surface area contributed by atoms with E-state index in [1.807, 2.05) is 31.2 Å². The van der Waals surface area contributed by atoms with E-state index in [2.05, 4.69) is 40.0 Å². The SMILES string of the molecule is CC(NC(=O)CC1C(C)NNC1C)c1nc2ccccc2[nH]1. The zero-order chi connectivity index (χ0) is 15.7. The standard InChI is InChI=1S/C16H23N5O/c1-9-12(10(2)21-20-9)8-15(22)17-11(3)16-18-13-6-4-5-7-14(13)19-16/h4-7,9-12,20-21H,8H2,1-3H3,(H,17,22)(H,18,19). The fourth-order valence-corrected chi connectivity index (χ4v) is 3.02. The van der Waals surface area contributed by atoms with Crippen LogP contribution >= 0.6 is 0 Å². The Hall–Kier alpha value is -1.92. The number of hydrazine groups is 1. The molecule has 4 N–H and O–H groups in total. The highest BCUT2D eigenvalue weighted by Gasteiger charge is 2.31. The lowest BCUT2D eigenvalue weighted by molar-refractivity contribution is -0.122. The summed E-state index contributed by atoms with van der Waals surface area (Å²) in [6, 6.07) is 8.33. The van der Waals surface area contributed by atoms with Crippen molar-refractivity contribution >= 4 is 16.9 Å². The van der Waals surface area contributed by atoms with Gasteiger partial charge in [-0.1, -0.05) is 12.1 Å². The van der Waals surface area contributed by atoms with Crippen molar-refractivity contribution in [3.05, 3.63) is 30.1 Å². The van der Waals surface area contributed by atoms with Gasteiger partial charge in [0.25, 0.3) is 0 Å². The largest absolute Gasteiger partial charge is 0.346 e. The summed E-state index contributed by atoms with van der Waals surface area (Å²) in [5.74, 6) is 1.14. The van der Waals surface area contributed by atoms with E-state index in [4.69, 9.17) is 0 Å². The van der Waals surface area contributed by atoms with Crippen LogP contribution in [0.1, 0.15) is 39.1 Å². The van der Waals surface area contributed by atoms with Gasteiger partial charge >= 0.3 is 0 Å². The topological polar surface area (TPSA) is 81.8 Å². The van der Waals surface area contributed by atoms with Crippen LogP contribution in [0.2, 0.25) is 0 Å². The Morgan fingerprint density at radius 1 is 1.27 bits per heavy atom. The Kier molecular flexibility index (Phi) is 4.13. The van der Waals surface area contributed by atoms with Crippen LogP contribution in [0.3, 0.4) is 0 Å². The first-order chi connectivity index (χ1) is 10.5. The van der Waals surface area contributed by atoms with Crippen LogP contribution in [-0.4, -0.2) is 28.0 Å². The second kappa shape index (κ2) is 6.06. The number of benzene rings is 1. The van der Waals surface area contributed by atoms with Crippen molar-refractivity contribution in [2.24, 2.45) is 5.92 Å². The maximum absolute atomic E-state index is 12.3. The van der Waals surface area contributed by atoms with Crippen LogP contribution in [0.5, 0.6) is 0 Å². The lowest BCUT2D eigenvalue weighted by atomic mass is 9.93. The molecule has 2 aromatic rings. The van der Waals surface area contributed by atoms with Crippen molar-refractivity contribution in [2.45, 2.75) is 45.3 Å². The van der Waals surface area contributed by atoms with Crippen LogP contribution in [0.4, 0.5) is 0 Å². The van der Waals surface area contributed by atoms with E-state index in [1.165, 1.54) is 0 Å². The number of hydrogen-bond donors (Lipinski definition) is 4. The van der Waals surface area contributed by atoms with E-state index in [0.717, 1.165) is 16.9 Å². The summed E-state index contributed by atoms with van der Waals surface area (Å²) >= 11 is 0. The molecule has 1 amide bonds. The van der Waals surface area contributed by atoms with Crippen LogP contribution in [0, 0.1) is 5.92 Å². The molecule has 0 saturated carbocycles. The Morgan fingerprint density at radius 2 is 1.95 bits per heavy atom. The molecule has 3 rings (SSSR count). The van der Waals surface area contributed by atoms with E-state index in [-0.39, 0.29) is 11.9 Å². The highest BCUT2D eigenvalue weighted by atomic mass is 16.1. The molecule has 0 radical (unpaired) electrons. The van der Waals surface area contributed by atoms with E-state index < -0.39 is 0 Å². The summed E-state index contributed by atoms with van der Waals surface area (Å²) in [5, 5.41) is 3.04. The first kappa shape index (κ1) is 15.0. The molecule has 1 aromatic heterocycles. The summed E-state index contributed by atoms with van der Waals surface area (Å²) in [7, 11) is 0. The molecule has 118 valence electrons. The maximum atomic E-state index is 12.3. The van der Waals surface area contributed by atoms with Gasteiger partial charge in [-0.2, -0.15) is 0 Å². The molecule has 1 saturated heterocycles. The first-order valence-electron chi connectivity index (χ1n) is 7.79. The Balaban J connectivity index is 1.63. The number of carbonyl (C=O) groups is 1. The number of para-hydroxylation sites is 2. The lowest BCUT2D eigenvalue weighted by Crippen LogP contribution is -2.33. The zero-order valence-corrected chi connectivity index (χ0v) is 13.2. The third-order valence-corrected chi connectivity index (χ3v) is 4.44. The van der Waals surface area contributed by atoms with Crippen molar-refractivity contribution in [1.82, 2.24) is 26.1 Å². The molecular weight excluding hydrogens is 278 g/mol. The minimum Gasteiger partial charge on any atom is -0.346 e. The molecule has 0 bridgehead atoms. The molecule has 0 spiro atoms. The molecule has 6 heteroatoms. The van der Waals surface area contributed by atoms with Gasteiger partial charge < -0.3 is 10.3 Å². The number of carbonyl (C=O) groups excluding carboxylic acids is 1. The molecule has 0 aliphatic carbocycles. The molecule has 1 fully saturated rings. The monoisotopic (exact) mass is 301 g/mol. The van der Waals surface area contributed by atoms with Crippen molar-refractivity contribution in [3.8, 4) is 0 Å². The number of rotatable bonds is 4. The molecule has 1 aliphatic heterocycles. The lowest BCUT2D eigenvalue weighted by Gasteiger charge is -2.19. The predicted molar refractivity (Wildman–Crippen MR) is 86.0 cm³/mol. The number of H-pyrrole nitrogens is 1. The number of fused-ring (bicyclic) bond motifs is 1. The van der Waals surface area contributed by atoms with Crippen molar-refractivity contribution < 1.29 is 4.79 Å². The van der Waals surface area contributed by atoms with Crippen molar-refractivity contribution in [1.29, 1.82) is 0 Å². The summed E-state index contributed by atoms with van der Waals surface area (Å²) in [5.41, 5.74) is 8.27. The van der Waals surface area contributed by atoms with E-state index in [0.29, 0.717) is 24.4 Å². The molecule has 3 unspecified atom stereocenters. The van der Waals surface area contributed by atoms with Crippen LogP contribution in [-0.2, 0) is 4.79 Å². The molecule has 1 aliphatic rings. The molecule has 2 heterocycles. The van der Waals surface area contributed by atoms with E-state index in [1.54, 1.807) is 0 Å². The highest BCUT2D eigenvalue weighted by molar-refractivity contribution is 5.77. The van der Waals surface area contributed by atoms with Crippen molar-refractivity contribution in [2.75, 3.05) is 0 Å². The summed E-state index contributed by atoms with van der Waals surface area (Å²) in [6.07, 6.45) is 0.507. The highest BCUT2D eigenvalue weighted by Crippen LogP contribution is 2.20. The van der Waals surface area contributed by atoms with Gasteiger partial charge in [-0.25, -0.2) is 4.98 Å². The van der Waals surface area contributed by atoms with E-state index in [9.17, 15) is 4.79 Å². The van der Waals surface area contributed by atoms with Gasteiger partial charge in [0.05, 0.1) is 17.1 Å². The minimum atomic E-state index is -0.132. The molecule has 3 atom stereocenters. The fourth-order valence-electron chi connectivity index (χ4n) is 3.02. The predicted octanol–water partition coefficient (Wildman–Crippen LogP) is 1.63. The van der Waals surface area contributed by atoms with Gasteiger partial charge in [-0.15, -0.1) is 0 Å². The van der Waals surface area contributed by atoms with E-state index >= 15 is 0 Å². The van der Waals surface area contributed by atoms with Gasteiger partial charge in [0.15, 0.2) is 0 Å². The third-order valence-electron chi connectivity index (χ3n) is 4.44. The Labute approximate surface area is 130 Å². The molecule has 1 aromatic carbocycles. The minimum absolute atomic E-state index is 0.0576. The molecule has 6 nitrogen and oxygen atoms in total. The first-order valence-corrected chi connectivity index (χ1v) is 7.79. The fraction of sp³-hybridized carbons (Fsp3) is 0.500.